The molecule has 0 saturated carbocycles. The van der Waals surface area contributed by atoms with Crippen LogP contribution >= 0.6 is 11.6 Å². The quantitative estimate of drug-likeness (QED) is 0.617. The van der Waals surface area contributed by atoms with Gasteiger partial charge in [0.1, 0.15) is 0 Å². The molecule has 0 rings (SSSR count). The maximum absolute atomic E-state index is 10.8. The van der Waals surface area contributed by atoms with Crippen LogP contribution < -0.4 is 0 Å². The minimum Gasteiger partial charge on any atom is -0.469 e. The number of carbonyl (C=O) groups excluding carboxylic acids is 1. The average Bonchev–Trinajstić information content (AvgIpc) is 1.86. The first-order chi connectivity index (χ1) is 5.02. The summed E-state index contributed by atoms with van der Waals surface area (Å²) in [6.45, 7) is 3.84. The molecule has 0 unspecified atom stereocenters. The number of esters is 1. The Morgan fingerprint density at radius 3 is 2.55 bits per heavy atom. The number of allylic oxidation sites excluding steroid dienone is 1. The Labute approximate surface area is 72.2 Å². The lowest BCUT2D eigenvalue weighted by Gasteiger charge is -2.17. The van der Waals surface area contributed by atoms with Gasteiger partial charge in [-0.1, -0.05) is 31.5 Å². The summed E-state index contributed by atoms with van der Waals surface area (Å²) >= 11 is 5.38. The molecule has 0 spiro atoms. The van der Waals surface area contributed by atoms with Crippen LogP contribution in [0.5, 0.6) is 0 Å². The van der Waals surface area contributed by atoms with E-state index in [1.54, 1.807) is 6.08 Å². The lowest BCUT2D eigenvalue weighted by atomic mass is 9.90. The normalized spacial score (nSPS) is 12.0. The molecule has 0 aromatic rings. The summed E-state index contributed by atoms with van der Waals surface area (Å²) in [6, 6.07) is 0. The number of halogens is 1. The summed E-state index contributed by atoms with van der Waals surface area (Å²) in [7, 11) is 1.38. The van der Waals surface area contributed by atoms with E-state index in [0.29, 0.717) is 6.42 Å². The predicted molar refractivity (Wildman–Crippen MR) is 45.4 cm³/mol. The van der Waals surface area contributed by atoms with Crippen LogP contribution in [0.3, 0.4) is 0 Å². The number of rotatable bonds is 3. The fraction of sp³-hybridized carbons (Fsp3) is 0.625. The minimum atomic E-state index is -0.218. The van der Waals surface area contributed by atoms with Gasteiger partial charge < -0.3 is 4.74 Å². The topological polar surface area (TPSA) is 26.3 Å². The van der Waals surface area contributed by atoms with Gasteiger partial charge in [0.05, 0.1) is 13.5 Å². The SMILES string of the molecule is COC(=O)CC(C)(C)C=CCl. The Morgan fingerprint density at radius 1 is 1.64 bits per heavy atom. The van der Waals surface area contributed by atoms with E-state index in [1.807, 2.05) is 13.8 Å². The second-order valence-electron chi connectivity index (χ2n) is 3.03. The van der Waals surface area contributed by atoms with Gasteiger partial charge >= 0.3 is 5.97 Å². The third-order valence-corrected chi connectivity index (χ3v) is 1.47. The molecule has 0 saturated heterocycles. The highest BCUT2D eigenvalue weighted by atomic mass is 35.5. The van der Waals surface area contributed by atoms with Crippen LogP contribution in [0.15, 0.2) is 11.6 Å². The van der Waals surface area contributed by atoms with Gasteiger partial charge in [-0.05, 0) is 5.41 Å². The van der Waals surface area contributed by atoms with Gasteiger partial charge in [0.15, 0.2) is 0 Å². The number of carbonyl (C=O) groups is 1. The van der Waals surface area contributed by atoms with Crippen molar-refractivity contribution in [1.82, 2.24) is 0 Å². The van der Waals surface area contributed by atoms with Crippen LogP contribution in [0.2, 0.25) is 0 Å². The van der Waals surface area contributed by atoms with Crippen LogP contribution in [0.1, 0.15) is 20.3 Å². The molecule has 0 aliphatic carbocycles. The first-order valence-electron chi connectivity index (χ1n) is 3.36. The summed E-state index contributed by atoms with van der Waals surface area (Å²) in [4.78, 5) is 10.8. The zero-order valence-corrected chi connectivity index (χ0v) is 7.81. The third-order valence-electron chi connectivity index (χ3n) is 1.34. The highest BCUT2D eigenvalue weighted by Gasteiger charge is 2.18. The van der Waals surface area contributed by atoms with Crippen molar-refractivity contribution in [3.8, 4) is 0 Å². The Hall–Kier alpha value is -0.500. The van der Waals surface area contributed by atoms with Crippen LogP contribution in [0.25, 0.3) is 0 Å². The molecule has 11 heavy (non-hydrogen) atoms. The molecule has 3 heteroatoms. The van der Waals surface area contributed by atoms with Crippen LogP contribution in [0.4, 0.5) is 0 Å². The summed E-state index contributed by atoms with van der Waals surface area (Å²) in [5, 5.41) is 0. The summed E-state index contributed by atoms with van der Waals surface area (Å²) in [6.07, 6.45) is 2.12. The van der Waals surface area contributed by atoms with E-state index in [0.717, 1.165) is 0 Å². The van der Waals surface area contributed by atoms with E-state index in [9.17, 15) is 4.79 Å². The molecular weight excluding hydrogens is 164 g/mol. The van der Waals surface area contributed by atoms with E-state index in [1.165, 1.54) is 12.6 Å². The maximum Gasteiger partial charge on any atom is 0.306 e. The minimum absolute atomic E-state index is 0.213. The van der Waals surface area contributed by atoms with E-state index >= 15 is 0 Å². The number of hydrogen-bond acceptors (Lipinski definition) is 2. The lowest BCUT2D eigenvalue weighted by Crippen LogP contribution is -2.15. The van der Waals surface area contributed by atoms with E-state index in [-0.39, 0.29) is 11.4 Å². The fourth-order valence-corrected chi connectivity index (χ4v) is 1.01. The van der Waals surface area contributed by atoms with Crippen molar-refractivity contribution in [3.63, 3.8) is 0 Å². The van der Waals surface area contributed by atoms with Crippen molar-refractivity contribution in [2.45, 2.75) is 20.3 Å². The van der Waals surface area contributed by atoms with Gasteiger partial charge in [0.25, 0.3) is 0 Å². The highest BCUT2D eigenvalue weighted by Crippen LogP contribution is 2.22. The molecule has 0 N–H and O–H groups in total. The van der Waals surface area contributed by atoms with Crippen molar-refractivity contribution in [1.29, 1.82) is 0 Å². The molecular formula is C8H13ClO2. The zero-order valence-electron chi connectivity index (χ0n) is 7.06. The van der Waals surface area contributed by atoms with Crippen molar-refractivity contribution in [2.75, 3.05) is 7.11 Å². The highest BCUT2D eigenvalue weighted by molar-refractivity contribution is 6.25. The Kier molecular flexibility index (Phi) is 4.19. The molecule has 0 amide bonds. The van der Waals surface area contributed by atoms with Crippen molar-refractivity contribution < 1.29 is 9.53 Å². The second kappa shape index (κ2) is 4.39. The summed E-state index contributed by atoms with van der Waals surface area (Å²) in [5.41, 5.74) is 1.21. The third kappa shape index (κ3) is 4.85. The molecule has 64 valence electrons. The van der Waals surface area contributed by atoms with E-state index in [2.05, 4.69) is 4.74 Å². The molecule has 0 aliphatic rings. The molecule has 0 aromatic heterocycles. The van der Waals surface area contributed by atoms with Gasteiger partial charge in [0, 0.05) is 5.54 Å². The zero-order chi connectivity index (χ0) is 8.91. The predicted octanol–water partition coefficient (Wildman–Crippen LogP) is 2.33. The molecule has 0 aromatic carbocycles. The number of ether oxygens (including phenoxy) is 1. The lowest BCUT2D eigenvalue weighted by molar-refractivity contribution is -0.142. The molecule has 0 aliphatic heterocycles. The molecule has 0 radical (unpaired) electrons. The average molecular weight is 177 g/mol. The Bertz CT molecular complexity index is 161. The van der Waals surface area contributed by atoms with Crippen LogP contribution in [0, 0.1) is 5.41 Å². The Balaban J connectivity index is 4.01. The smallest absolute Gasteiger partial charge is 0.306 e. The first kappa shape index (κ1) is 10.5. The maximum atomic E-state index is 10.8. The van der Waals surface area contributed by atoms with Crippen LogP contribution in [-0.2, 0) is 9.53 Å². The monoisotopic (exact) mass is 176 g/mol. The van der Waals surface area contributed by atoms with Gasteiger partial charge in [-0.2, -0.15) is 0 Å². The van der Waals surface area contributed by atoms with Gasteiger partial charge in [-0.3, -0.25) is 4.79 Å². The second-order valence-corrected chi connectivity index (χ2v) is 3.29. The molecule has 0 heterocycles. The summed E-state index contributed by atoms with van der Waals surface area (Å²) < 4.78 is 4.52. The van der Waals surface area contributed by atoms with E-state index in [4.69, 9.17) is 11.6 Å². The van der Waals surface area contributed by atoms with E-state index < -0.39 is 0 Å². The number of hydrogen-bond donors (Lipinski definition) is 0. The Morgan fingerprint density at radius 2 is 2.18 bits per heavy atom. The largest absolute Gasteiger partial charge is 0.469 e. The van der Waals surface area contributed by atoms with Crippen molar-refractivity contribution >= 4 is 17.6 Å². The molecule has 0 fully saturated rings. The van der Waals surface area contributed by atoms with Crippen LogP contribution in [-0.4, -0.2) is 13.1 Å². The fourth-order valence-electron chi connectivity index (χ4n) is 0.674. The molecule has 2 nitrogen and oxygen atoms in total. The van der Waals surface area contributed by atoms with Gasteiger partial charge in [-0.25, -0.2) is 0 Å². The number of methoxy groups -OCH3 is 1. The first-order valence-corrected chi connectivity index (χ1v) is 3.80. The van der Waals surface area contributed by atoms with Gasteiger partial charge in [-0.15, -0.1) is 0 Å². The molecule has 0 bridgehead atoms. The molecule has 0 atom stereocenters. The summed E-state index contributed by atoms with van der Waals surface area (Å²) in [5.74, 6) is -0.218. The van der Waals surface area contributed by atoms with Crippen molar-refractivity contribution in [3.05, 3.63) is 11.6 Å². The van der Waals surface area contributed by atoms with Crippen molar-refractivity contribution in [2.24, 2.45) is 5.41 Å². The van der Waals surface area contributed by atoms with Gasteiger partial charge in [0.2, 0.25) is 0 Å². The standard InChI is InChI=1S/C8H13ClO2/c1-8(2,4-5-9)6-7(10)11-3/h4-5H,6H2,1-3H3.